The molecule has 7 heteroatoms. The van der Waals surface area contributed by atoms with E-state index in [1.54, 1.807) is 20.4 Å². The molecule has 1 heterocycles. The minimum Gasteiger partial charge on any atom is -0.493 e. The van der Waals surface area contributed by atoms with Gasteiger partial charge in [0.15, 0.2) is 11.5 Å². The number of hydrogen-bond acceptors (Lipinski definition) is 6. The Bertz CT molecular complexity index is 1150. The van der Waals surface area contributed by atoms with Crippen molar-refractivity contribution in [2.75, 3.05) is 14.2 Å². The van der Waals surface area contributed by atoms with E-state index in [0.29, 0.717) is 17.9 Å². The predicted molar refractivity (Wildman–Crippen MR) is 133 cm³/mol. The summed E-state index contributed by atoms with van der Waals surface area (Å²) in [4.78, 5) is 16.9. The van der Waals surface area contributed by atoms with Crippen molar-refractivity contribution >= 4 is 16.9 Å². The Hall–Kier alpha value is -3.48. The first-order chi connectivity index (χ1) is 16.1. The lowest BCUT2D eigenvalue weighted by Gasteiger charge is -2.20. The Morgan fingerprint density at radius 2 is 1.71 bits per heavy atom. The van der Waals surface area contributed by atoms with E-state index in [-0.39, 0.29) is 12.6 Å². The number of hydrogen-bond donors (Lipinski definition) is 1. The summed E-state index contributed by atoms with van der Waals surface area (Å²) in [6, 6.07) is 11.9. The van der Waals surface area contributed by atoms with Crippen molar-refractivity contribution in [1.82, 2.24) is 10.3 Å². The number of pyridine rings is 1. The fourth-order valence-electron chi connectivity index (χ4n) is 3.64. The van der Waals surface area contributed by atoms with Crippen LogP contribution in [0.4, 0.5) is 4.79 Å². The van der Waals surface area contributed by atoms with Crippen LogP contribution in [-0.2, 0) is 17.7 Å². The van der Waals surface area contributed by atoms with Crippen LogP contribution in [0.5, 0.6) is 17.2 Å². The summed E-state index contributed by atoms with van der Waals surface area (Å²) in [5.41, 5.74) is 2.25. The third-order valence-electron chi connectivity index (χ3n) is 5.02. The van der Waals surface area contributed by atoms with Crippen molar-refractivity contribution in [3.8, 4) is 17.2 Å². The van der Waals surface area contributed by atoms with Gasteiger partial charge in [-0.25, -0.2) is 4.79 Å². The number of carbonyl (C=O) groups excluding carboxylic acids is 1. The number of nitrogens with one attached hydrogen (secondary N) is 1. The van der Waals surface area contributed by atoms with Crippen LogP contribution in [0.2, 0.25) is 0 Å². The normalized spacial score (nSPS) is 11.4. The fraction of sp³-hybridized carbons (Fsp3) is 0.407. The topological polar surface area (TPSA) is 78.9 Å². The molecule has 34 heavy (non-hydrogen) atoms. The van der Waals surface area contributed by atoms with Crippen LogP contribution in [0.25, 0.3) is 10.8 Å². The summed E-state index contributed by atoms with van der Waals surface area (Å²) >= 11 is 0. The first-order valence-electron chi connectivity index (χ1n) is 11.3. The van der Waals surface area contributed by atoms with Crippen LogP contribution in [0.15, 0.2) is 42.6 Å². The molecule has 0 saturated heterocycles. The van der Waals surface area contributed by atoms with E-state index in [4.69, 9.17) is 23.9 Å². The first-order valence-corrected chi connectivity index (χ1v) is 11.3. The van der Waals surface area contributed by atoms with Crippen molar-refractivity contribution < 1.29 is 23.7 Å². The zero-order valence-electron chi connectivity index (χ0n) is 21.0. The van der Waals surface area contributed by atoms with Crippen LogP contribution in [-0.4, -0.2) is 37.0 Å². The number of methoxy groups -OCH3 is 2. The van der Waals surface area contributed by atoms with Crippen molar-refractivity contribution in [3.63, 3.8) is 0 Å². The summed E-state index contributed by atoms with van der Waals surface area (Å²) in [6.45, 7) is 9.77. The first kappa shape index (κ1) is 25.1. The number of alkyl carbamates (subject to hydrolysis) is 1. The van der Waals surface area contributed by atoms with E-state index >= 15 is 0 Å². The number of ether oxygens (including phenoxy) is 4. The van der Waals surface area contributed by atoms with E-state index in [1.165, 1.54) is 0 Å². The Morgan fingerprint density at radius 3 is 2.32 bits per heavy atom. The minimum absolute atomic E-state index is 0.0997. The van der Waals surface area contributed by atoms with Crippen LogP contribution >= 0.6 is 0 Å². The van der Waals surface area contributed by atoms with Gasteiger partial charge in [0.1, 0.15) is 11.4 Å². The summed E-state index contributed by atoms with van der Waals surface area (Å²) in [7, 11) is 3.21. The second kappa shape index (κ2) is 10.6. The maximum atomic E-state index is 12.2. The van der Waals surface area contributed by atoms with Crippen molar-refractivity contribution in [2.45, 2.75) is 59.3 Å². The highest BCUT2D eigenvalue weighted by Crippen LogP contribution is 2.35. The number of benzene rings is 2. The van der Waals surface area contributed by atoms with Gasteiger partial charge in [0.05, 0.1) is 26.0 Å². The van der Waals surface area contributed by atoms with Gasteiger partial charge in [-0.3, -0.25) is 4.98 Å². The van der Waals surface area contributed by atoms with E-state index in [0.717, 1.165) is 33.3 Å². The number of rotatable bonds is 8. The van der Waals surface area contributed by atoms with E-state index in [9.17, 15) is 4.79 Å². The third-order valence-corrected chi connectivity index (χ3v) is 5.02. The van der Waals surface area contributed by atoms with Gasteiger partial charge in [-0.1, -0.05) is 12.1 Å². The van der Waals surface area contributed by atoms with E-state index in [2.05, 4.69) is 11.4 Å². The van der Waals surface area contributed by atoms with Gasteiger partial charge >= 0.3 is 6.09 Å². The van der Waals surface area contributed by atoms with Crippen molar-refractivity contribution in [2.24, 2.45) is 0 Å². The lowest BCUT2D eigenvalue weighted by molar-refractivity contribution is 0.0523. The molecule has 7 nitrogen and oxygen atoms in total. The largest absolute Gasteiger partial charge is 0.493 e. The monoisotopic (exact) mass is 466 g/mol. The molecule has 3 aromatic rings. The second-order valence-corrected chi connectivity index (χ2v) is 9.33. The molecule has 0 aliphatic carbocycles. The Kier molecular flexibility index (Phi) is 7.87. The molecule has 182 valence electrons. The van der Waals surface area contributed by atoms with Crippen molar-refractivity contribution in [1.29, 1.82) is 0 Å². The Labute approximate surface area is 201 Å². The molecular weight excluding hydrogens is 432 g/mol. The molecule has 1 amide bonds. The van der Waals surface area contributed by atoms with Crippen LogP contribution < -0.4 is 19.5 Å². The fourth-order valence-corrected chi connectivity index (χ4v) is 3.64. The van der Waals surface area contributed by atoms with E-state index in [1.807, 2.05) is 65.0 Å². The second-order valence-electron chi connectivity index (χ2n) is 9.33. The average molecular weight is 467 g/mol. The van der Waals surface area contributed by atoms with Gasteiger partial charge in [-0.15, -0.1) is 0 Å². The zero-order valence-corrected chi connectivity index (χ0v) is 21.0. The summed E-state index contributed by atoms with van der Waals surface area (Å²) < 4.78 is 22.3. The smallest absolute Gasteiger partial charge is 0.407 e. The molecule has 2 aromatic carbocycles. The van der Waals surface area contributed by atoms with Gasteiger partial charge in [-0.05, 0) is 75.4 Å². The summed E-state index contributed by atoms with van der Waals surface area (Å²) in [6.07, 6.45) is 2.02. The van der Waals surface area contributed by atoms with Gasteiger partial charge in [0.25, 0.3) is 0 Å². The average Bonchev–Trinajstić information content (AvgIpc) is 2.76. The Balaban J connectivity index is 1.98. The Morgan fingerprint density at radius 1 is 1.03 bits per heavy atom. The van der Waals surface area contributed by atoms with Crippen molar-refractivity contribution in [3.05, 3.63) is 59.4 Å². The van der Waals surface area contributed by atoms with Gasteiger partial charge in [0, 0.05) is 24.5 Å². The molecule has 0 fully saturated rings. The maximum Gasteiger partial charge on any atom is 0.407 e. The molecule has 0 unspecified atom stereocenters. The molecule has 0 spiro atoms. The van der Waals surface area contributed by atoms with Gasteiger partial charge < -0.3 is 24.3 Å². The summed E-state index contributed by atoms with van der Waals surface area (Å²) in [5.74, 6) is 2.06. The number of aromatic nitrogens is 1. The minimum atomic E-state index is -0.571. The SMILES string of the molecule is COc1cc2c(CNC(=O)OC(C)(C)C)cnc(Cc3cccc(OC(C)C)c3)c2cc1OC. The number of amides is 1. The quantitative estimate of drug-likeness (QED) is 0.462. The molecule has 1 N–H and O–H groups in total. The number of fused-ring (bicyclic) bond motifs is 1. The molecule has 0 atom stereocenters. The van der Waals surface area contributed by atoms with Crippen LogP contribution in [0.3, 0.4) is 0 Å². The summed E-state index contributed by atoms with van der Waals surface area (Å²) in [5, 5.41) is 4.67. The van der Waals surface area contributed by atoms with Crippen LogP contribution in [0.1, 0.15) is 51.4 Å². The lowest BCUT2D eigenvalue weighted by atomic mass is 9.99. The van der Waals surface area contributed by atoms with Gasteiger partial charge in [-0.2, -0.15) is 0 Å². The predicted octanol–water partition coefficient (Wildman–Crippen LogP) is 5.65. The lowest BCUT2D eigenvalue weighted by Crippen LogP contribution is -2.32. The highest BCUT2D eigenvalue weighted by atomic mass is 16.6. The highest BCUT2D eigenvalue weighted by molar-refractivity contribution is 5.91. The van der Waals surface area contributed by atoms with Crippen LogP contribution in [0, 0.1) is 0 Å². The zero-order chi connectivity index (χ0) is 24.9. The molecule has 0 aliphatic rings. The van der Waals surface area contributed by atoms with Gasteiger partial charge in [0.2, 0.25) is 0 Å². The molecule has 3 rings (SSSR count). The third kappa shape index (κ3) is 6.53. The molecule has 0 radical (unpaired) electrons. The molecule has 1 aromatic heterocycles. The molecular formula is C27H34N2O5. The number of nitrogens with zero attached hydrogens (tertiary/aromatic N) is 1. The standard InChI is InChI=1S/C27H34N2O5/c1-17(2)33-20-10-8-9-18(11-20)12-23-22-14-25(32-7)24(31-6)13-21(22)19(15-28-23)16-29-26(30)34-27(3,4)5/h8-11,13-15,17H,12,16H2,1-7H3,(H,29,30). The van der Waals surface area contributed by atoms with E-state index < -0.39 is 11.7 Å². The number of carbonyl (C=O) groups is 1. The maximum absolute atomic E-state index is 12.2. The molecule has 0 saturated carbocycles. The molecule has 0 bridgehead atoms. The molecule has 0 aliphatic heterocycles. The highest BCUT2D eigenvalue weighted by Gasteiger charge is 2.18.